The maximum Gasteiger partial charge on any atom is 0.348 e. The molecule has 0 aliphatic rings. The Hall–Kier alpha value is -3.06. The number of thiophene rings is 1. The third-order valence-electron chi connectivity index (χ3n) is 3.64. The standard InChI is InChI=1S/C19H17NO5S/c1-23-13-7-8-15(24-2)14(10-13)20-18(21)11-25-19(22)17-9-12-5-3-4-6-16(12)26-17/h3-10H,11H2,1-2H3,(H,20,21). The number of methoxy groups -OCH3 is 2. The number of nitrogens with one attached hydrogen (secondary N) is 1. The van der Waals surface area contributed by atoms with E-state index in [4.69, 9.17) is 14.2 Å². The number of ether oxygens (including phenoxy) is 3. The number of anilines is 1. The molecule has 7 heteroatoms. The van der Waals surface area contributed by atoms with Crippen molar-refractivity contribution in [3.63, 3.8) is 0 Å². The fourth-order valence-electron chi connectivity index (χ4n) is 2.38. The summed E-state index contributed by atoms with van der Waals surface area (Å²) in [6.07, 6.45) is 0. The molecule has 0 saturated heterocycles. The van der Waals surface area contributed by atoms with Crippen molar-refractivity contribution < 1.29 is 23.8 Å². The topological polar surface area (TPSA) is 73.9 Å². The van der Waals surface area contributed by atoms with Crippen LogP contribution in [0.4, 0.5) is 5.69 Å². The van der Waals surface area contributed by atoms with Crippen LogP contribution in [0.5, 0.6) is 11.5 Å². The molecule has 0 bridgehead atoms. The van der Waals surface area contributed by atoms with Crippen molar-refractivity contribution in [2.45, 2.75) is 0 Å². The Morgan fingerprint density at radius 2 is 1.85 bits per heavy atom. The van der Waals surface area contributed by atoms with Gasteiger partial charge in [-0.15, -0.1) is 11.3 Å². The van der Waals surface area contributed by atoms with Crippen molar-refractivity contribution in [2.24, 2.45) is 0 Å². The molecule has 2 aromatic carbocycles. The van der Waals surface area contributed by atoms with E-state index in [1.54, 1.807) is 24.3 Å². The van der Waals surface area contributed by atoms with Crippen LogP contribution in [0.1, 0.15) is 9.67 Å². The highest BCUT2D eigenvalue weighted by Crippen LogP contribution is 2.29. The summed E-state index contributed by atoms with van der Waals surface area (Å²) in [7, 11) is 3.03. The summed E-state index contributed by atoms with van der Waals surface area (Å²) < 4.78 is 16.4. The average molecular weight is 371 g/mol. The number of hydrogen-bond donors (Lipinski definition) is 1. The third kappa shape index (κ3) is 3.94. The molecule has 0 atom stereocenters. The molecule has 0 spiro atoms. The van der Waals surface area contributed by atoms with Crippen molar-refractivity contribution in [3.8, 4) is 11.5 Å². The summed E-state index contributed by atoms with van der Waals surface area (Å²) in [5, 5.41) is 3.62. The average Bonchev–Trinajstić information content (AvgIpc) is 3.10. The van der Waals surface area contributed by atoms with E-state index >= 15 is 0 Å². The van der Waals surface area contributed by atoms with Crippen LogP contribution in [0, 0.1) is 0 Å². The van der Waals surface area contributed by atoms with Gasteiger partial charge in [-0.25, -0.2) is 4.79 Å². The molecule has 3 aromatic rings. The third-order valence-corrected chi connectivity index (χ3v) is 4.74. The number of carbonyl (C=O) groups excluding carboxylic acids is 2. The Balaban J connectivity index is 1.62. The van der Waals surface area contributed by atoms with Crippen LogP contribution in [0.25, 0.3) is 10.1 Å². The highest BCUT2D eigenvalue weighted by Gasteiger charge is 2.15. The molecule has 6 nitrogen and oxygen atoms in total. The van der Waals surface area contributed by atoms with E-state index in [-0.39, 0.29) is 0 Å². The fourth-order valence-corrected chi connectivity index (χ4v) is 3.34. The van der Waals surface area contributed by atoms with E-state index in [2.05, 4.69) is 5.32 Å². The smallest absolute Gasteiger partial charge is 0.348 e. The molecule has 1 amide bonds. The molecule has 0 unspecified atom stereocenters. The van der Waals surface area contributed by atoms with Gasteiger partial charge < -0.3 is 19.5 Å². The van der Waals surface area contributed by atoms with Crippen molar-refractivity contribution >= 4 is 39.0 Å². The van der Waals surface area contributed by atoms with Gasteiger partial charge in [-0.05, 0) is 29.7 Å². The lowest BCUT2D eigenvalue weighted by Gasteiger charge is -2.11. The number of rotatable bonds is 6. The van der Waals surface area contributed by atoms with Crippen LogP contribution in [-0.4, -0.2) is 32.7 Å². The molecule has 1 heterocycles. The van der Waals surface area contributed by atoms with E-state index < -0.39 is 18.5 Å². The molecule has 0 radical (unpaired) electrons. The Bertz CT molecular complexity index is 917. The van der Waals surface area contributed by atoms with E-state index in [1.807, 2.05) is 24.3 Å². The Morgan fingerprint density at radius 1 is 1.04 bits per heavy atom. The minimum atomic E-state index is -0.529. The minimum Gasteiger partial charge on any atom is -0.497 e. The summed E-state index contributed by atoms with van der Waals surface area (Å²) in [5.41, 5.74) is 0.440. The number of hydrogen-bond acceptors (Lipinski definition) is 6. The lowest BCUT2D eigenvalue weighted by atomic mass is 10.2. The monoisotopic (exact) mass is 371 g/mol. The lowest BCUT2D eigenvalue weighted by molar-refractivity contribution is -0.119. The van der Waals surface area contributed by atoms with Crippen LogP contribution in [-0.2, 0) is 9.53 Å². The molecule has 0 aliphatic carbocycles. The van der Waals surface area contributed by atoms with Gasteiger partial charge in [-0.1, -0.05) is 18.2 Å². The van der Waals surface area contributed by atoms with Gasteiger partial charge >= 0.3 is 5.97 Å². The van der Waals surface area contributed by atoms with Gasteiger partial charge in [0.25, 0.3) is 5.91 Å². The number of fused-ring (bicyclic) bond motifs is 1. The summed E-state index contributed by atoms with van der Waals surface area (Å²) in [4.78, 5) is 24.7. The van der Waals surface area contributed by atoms with E-state index in [0.29, 0.717) is 22.1 Å². The second-order valence-electron chi connectivity index (χ2n) is 5.34. The summed E-state index contributed by atoms with van der Waals surface area (Å²) in [6, 6.07) is 14.4. The molecule has 26 heavy (non-hydrogen) atoms. The lowest BCUT2D eigenvalue weighted by Crippen LogP contribution is -2.21. The first-order valence-corrected chi connectivity index (χ1v) is 8.60. The second kappa shape index (κ2) is 7.88. The molecule has 3 rings (SSSR count). The van der Waals surface area contributed by atoms with Gasteiger partial charge in [0, 0.05) is 10.8 Å². The van der Waals surface area contributed by atoms with Crippen LogP contribution < -0.4 is 14.8 Å². The first-order valence-electron chi connectivity index (χ1n) is 7.78. The first kappa shape index (κ1) is 17.8. The van der Waals surface area contributed by atoms with Crippen LogP contribution in [0.15, 0.2) is 48.5 Å². The van der Waals surface area contributed by atoms with E-state index in [9.17, 15) is 9.59 Å². The highest BCUT2D eigenvalue weighted by molar-refractivity contribution is 7.20. The van der Waals surface area contributed by atoms with Gasteiger partial charge in [0.15, 0.2) is 6.61 Å². The SMILES string of the molecule is COc1ccc(OC)c(NC(=O)COC(=O)c2cc3ccccc3s2)c1. The Morgan fingerprint density at radius 3 is 2.58 bits per heavy atom. The van der Waals surface area contributed by atoms with Crippen molar-refractivity contribution in [1.82, 2.24) is 0 Å². The van der Waals surface area contributed by atoms with Crippen LogP contribution in [0.3, 0.4) is 0 Å². The van der Waals surface area contributed by atoms with Gasteiger partial charge in [0.1, 0.15) is 16.4 Å². The Labute approximate surface area is 154 Å². The highest BCUT2D eigenvalue weighted by atomic mass is 32.1. The van der Waals surface area contributed by atoms with Crippen molar-refractivity contribution in [2.75, 3.05) is 26.1 Å². The predicted molar refractivity (Wildman–Crippen MR) is 100 cm³/mol. The maximum atomic E-state index is 12.2. The molecule has 1 aromatic heterocycles. The number of benzene rings is 2. The summed E-state index contributed by atoms with van der Waals surface area (Å²) in [6.45, 7) is -0.395. The molecule has 1 N–H and O–H groups in total. The normalized spacial score (nSPS) is 10.4. The van der Waals surface area contributed by atoms with Crippen molar-refractivity contribution in [1.29, 1.82) is 0 Å². The van der Waals surface area contributed by atoms with Gasteiger partial charge in [0.05, 0.1) is 19.9 Å². The predicted octanol–water partition coefficient (Wildman–Crippen LogP) is 3.71. The molecular formula is C19H17NO5S. The molecule has 0 fully saturated rings. The van der Waals surface area contributed by atoms with E-state index in [1.165, 1.54) is 25.6 Å². The molecular weight excluding hydrogens is 354 g/mol. The van der Waals surface area contributed by atoms with Crippen LogP contribution >= 0.6 is 11.3 Å². The van der Waals surface area contributed by atoms with Crippen molar-refractivity contribution in [3.05, 3.63) is 53.4 Å². The summed E-state index contributed by atoms with van der Waals surface area (Å²) >= 11 is 1.33. The molecule has 0 aliphatic heterocycles. The second-order valence-corrected chi connectivity index (χ2v) is 6.42. The Kier molecular flexibility index (Phi) is 5.38. The fraction of sp³-hybridized carbons (Fsp3) is 0.158. The van der Waals surface area contributed by atoms with Gasteiger partial charge in [0.2, 0.25) is 0 Å². The van der Waals surface area contributed by atoms with Gasteiger partial charge in [-0.2, -0.15) is 0 Å². The minimum absolute atomic E-state index is 0.395. The number of carbonyl (C=O) groups is 2. The zero-order valence-electron chi connectivity index (χ0n) is 14.3. The maximum absolute atomic E-state index is 12.2. The number of amides is 1. The quantitative estimate of drug-likeness (QED) is 0.669. The first-order chi connectivity index (χ1) is 12.6. The van der Waals surface area contributed by atoms with E-state index in [0.717, 1.165) is 10.1 Å². The molecule has 0 saturated carbocycles. The zero-order chi connectivity index (χ0) is 18.5. The van der Waals surface area contributed by atoms with Gasteiger partial charge in [-0.3, -0.25) is 4.79 Å². The molecule has 134 valence electrons. The van der Waals surface area contributed by atoms with Crippen LogP contribution in [0.2, 0.25) is 0 Å². The number of esters is 1. The zero-order valence-corrected chi connectivity index (χ0v) is 15.1. The largest absolute Gasteiger partial charge is 0.497 e. The summed E-state index contributed by atoms with van der Waals surface area (Å²) in [5.74, 6) is 0.0586.